The van der Waals surface area contributed by atoms with Gasteiger partial charge in [0.1, 0.15) is 10.1 Å². The van der Waals surface area contributed by atoms with Gasteiger partial charge in [-0.2, -0.15) is 0 Å². The first-order valence-corrected chi connectivity index (χ1v) is 10.3. The van der Waals surface area contributed by atoms with Crippen LogP contribution in [0.25, 0.3) is 6.08 Å². The summed E-state index contributed by atoms with van der Waals surface area (Å²) >= 11 is 6.58. The van der Waals surface area contributed by atoms with Crippen molar-refractivity contribution in [2.24, 2.45) is 0 Å². The number of thioether (sulfide) groups is 1. The number of carboxylic acids is 1. The fourth-order valence-electron chi connectivity index (χ4n) is 3.01. The van der Waals surface area contributed by atoms with Crippen molar-refractivity contribution in [3.63, 3.8) is 0 Å². The lowest BCUT2D eigenvalue weighted by Gasteiger charge is -2.14. The Morgan fingerprint density at radius 2 is 1.76 bits per heavy atom. The van der Waals surface area contributed by atoms with E-state index in [4.69, 9.17) is 12.2 Å². The molecule has 0 atom stereocenters. The fourth-order valence-corrected chi connectivity index (χ4v) is 4.32. The molecule has 3 rings (SSSR count). The van der Waals surface area contributed by atoms with Crippen LogP contribution >= 0.6 is 24.0 Å². The van der Waals surface area contributed by atoms with E-state index >= 15 is 0 Å². The number of ketones is 1. The molecule has 148 valence electrons. The van der Waals surface area contributed by atoms with Gasteiger partial charge in [0.05, 0.1) is 10.5 Å². The molecule has 2 aromatic rings. The van der Waals surface area contributed by atoms with Crippen LogP contribution in [0, 0.1) is 0 Å². The van der Waals surface area contributed by atoms with Gasteiger partial charge < -0.3 is 5.11 Å². The van der Waals surface area contributed by atoms with Gasteiger partial charge in [0.15, 0.2) is 0 Å². The van der Waals surface area contributed by atoms with E-state index in [0.29, 0.717) is 27.8 Å². The Morgan fingerprint density at radius 3 is 2.48 bits per heavy atom. The highest BCUT2D eigenvalue weighted by Gasteiger charge is 2.31. The summed E-state index contributed by atoms with van der Waals surface area (Å²) in [6, 6.07) is 16.0. The van der Waals surface area contributed by atoms with Gasteiger partial charge in [0, 0.05) is 19.4 Å². The average molecular weight is 426 g/mol. The minimum atomic E-state index is -1.05. The van der Waals surface area contributed by atoms with E-state index < -0.39 is 5.97 Å². The van der Waals surface area contributed by atoms with Gasteiger partial charge in [0.2, 0.25) is 0 Å². The number of nitrogens with zero attached hydrogens (tertiary/aromatic N) is 1. The molecule has 1 saturated heterocycles. The smallest absolute Gasteiger partial charge is 0.335 e. The molecule has 1 aliphatic heterocycles. The van der Waals surface area contributed by atoms with E-state index in [1.807, 2.05) is 36.4 Å². The van der Waals surface area contributed by atoms with Crippen LogP contribution in [-0.4, -0.2) is 38.5 Å². The first kappa shape index (κ1) is 21.0. The van der Waals surface area contributed by atoms with Crippen molar-refractivity contribution in [3.8, 4) is 0 Å². The average Bonchev–Trinajstić information content (AvgIpc) is 2.96. The Morgan fingerprint density at radius 1 is 1.07 bits per heavy atom. The normalized spacial score (nSPS) is 15.2. The maximum atomic E-state index is 12.6. The van der Waals surface area contributed by atoms with Crippen molar-refractivity contribution >= 4 is 52.0 Å². The SMILES string of the molecule is O=C(CCCN1C(=O)/C(=C/c2ccccc2)SC1=S)Cc1ccccc1C(=O)O. The van der Waals surface area contributed by atoms with Crippen molar-refractivity contribution in [3.05, 3.63) is 76.2 Å². The quantitative estimate of drug-likeness (QED) is 0.505. The predicted molar refractivity (Wildman–Crippen MR) is 118 cm³/mol. The zero-order valence-corrected chi connectivity index (χ0v) is 17.2. The summed E-state index contributed by atoms with van der Waals surface area (Å²) in [6.07, 6.45) is 2.60. The molecule has 2 aromatic carbocycles. The standard InChI is InChI=1S/C22H19NO4S2/c24-17(14-16-9-4-5-11-18(16)21(26)27)10-6-12-23-20(25)19(29-22(23)28)13-15-7-2-1-3-8-15/h1-5,7-9,11,13H,6,10,12,14H2,(H,26,27)/b19-13-. The summed E-state index contributed by atoms with van der Waals surface area (Å²) in [4.78, 5) is 38.2. The molecule has 1 aliphatic rings. The number of Topliss-reactive ketones (excluding diaryl/α,β-unsaturated/α-hetero) is 1. The minimum Gasteiger partial charge on any atom is -0.478 e. The fraction of sp³-hybridized carbons (Fsp3) is 0.182. The summed E-state index contributed by atoms with van der Waals surface area (Å²) in [6.45, 7) is 0.364. The summed E-state index contributed by atoms with van der Waals surface area (Å²) in [5.74, 6) is -1.26. The van der Waals surface area contributed by atoms with Gasteiger partial charge in [-0.05, 0) is 29.7 Å². The second-order valence-corrected chi connectivity index (χ2v) is 8.20. The van der Waals surface area contributed by atoms with Crippen LogP contribution in [0.3, 0.4) is 0 Å². The molecular formula is C22H19NO4S2. The molecule has 0 spiro atoms. The van der Waals surface area contributed by atoms with E-state index in [1.54, 1.807) is 18.2 Å². The van der Waals surface area contributed by atoms with Crippen LogP contribution in [-0.2, 0) is 16.0 Å². The molecule has 1 N–H and O–H groups in total. The number of aromatic carboxylic acids is 1. The van der Waals surface area contributed by atoms with Gasteiger partial charge in [-0.3, -0.25) is 14.5 Å². The lowest BCUT2D eigenvalue weighted by molar-refractivity contribution is -0.123. The molecule has 1 amide bonds. The third-order valence-corrected chi connectivity index (χ3v) is 5.82. The summed E-state index contributed by atoms with van der Waals surface area (Å²) in [7, 11) is 0. The number of hydrogen-bond acceptors (Lipinski definition) is 5. The van der Waals surface area contributed by atoms with E-state index in [1.165, 1.54) is 22.7 Å². The highest BCUT2D eigenvalue weighted by atomic mass is 32.2. The molecule has 29 heavy (non-hydrogen) atoms. The third-order valence-electron chi connectivity index (χ3n) is 4.44. The molecular weight excluding hydrogens is 406 g/mol. The number of carbonyl (C=O) groups is 3. The molecule has 5 nitrogen and oxygen atoms in total. The van der Waals surface area contributed by atoms with Gasteiger partial charge in [0.25, 0.3) is 5.91 Å². The monoisotopic (exact) mass is 425 g/mol. The highest BCUT2D eigenvalue weighted by molar-refractivity contribution is 8.26. The topological polar surface area (TPSA) is 74.7 Å². The number of hydrogen-bond donors (Lipinski definition) is 1. The number of carbonyl (C=O) groups excluding carboxylic acids is 2. The van der Waals surface area contributed by atoms with Crippen molar-refractivity contribution < 1.29 is 19.5 Å². The summed E-state index contributed by atoms with van der Waals surface area (Å²) < 4.78 is 0.487. The maximum absolute atomic E-state index is 12.6. The van der Waals surface area contributed by atoms with Crippen molar-refractivity contribution in [2.45, 2.75) is 19.3 Å². The van der Waals surface area contributed by atoms with Crippen LogP contribution in [0.4, 0.5) is 0 Å². The summed E-state index contributed by atoms with van der Waals surface area (Å²) in [5.41, 5.74) is 1.57. The van der Waals surface area contributed by atoms with E-state index in [-0.39, 0.29) is 30.1 Å². The van der Waals surface area contributed by atoms with E-state index in [9.17, 15) is 19.5 Å². The zero-order valence-electron chi connectivity index (χ0n) is 15.5. The third kappa shape index (κ3) is 5.40. The van der Waals surface area contributed by atoms with Crippen LogP contribution in [0.2, 0.25) is 0 Å². The molecule has 0 aromatic heterocycles. The molecule has 1 heterocycles. The Labute approximate surface area is 178 Å². The van der Waals surface area contributed by atoms with Crippen molar-refractivity contribution in [1.29, 1.82) is 0 Å². The predicted octanol–water partition coefficient (Wildman–Crippen LogP) is 4.18. The first-order chi connectivity index (χ1) is 14.0. The molecule has 0 unspecified atom stereocenters. The summed E-state index contributed by atoms with van der Waals surface area (Å²) in [5, 5.41) is 9.21. The largest absolute Gasteiger partial charge is 0.478 e. The van der Waals surface area contributed by atoms with Gasteiger partial charge in [-0.15, -0.1) is 0 Å². The second kappa shape index (κ2) is 9.62. The van der Waals surface area contributed by atoms with Crippen LogP contribution in [0.1, 0.15) is 34.3 Å². The Hall–Kier alpha value is -2.77. The zero-order chi connectivity index (χ0) is 20.8. The van der Waals surface area contributed by atoms with Crippen molar-refractivity contribution in [1.82, 2.24) is 4.90 Å². The molecule has 7 heteroatoms. The minimum absolute atomic E-state index is 0.0643. The Kier molecular flexibility index (Phi) is 6.95. The lowest BCUT2D eigenvalue weighted by atomic mass is 10.0. The number of benzene rings is 2. The van der Waals surface area contributed by atoms with E-state index in [0.717, 1.165) is 5.56 Å². The Balaban J connectivity index is 1.55. The number of carboxylic acid groups (broad SMARTS) is 1. The molecule has 0 radical (unpaired) electrons. The number of rotatable bonds is 8. The number of amides is 1. The molecule has 0 bridgehead atoms. The first-order valence-electron chi connectivity index (χ1n) is 9.09. The Bertz CT molecular complexity index is 985. The molecule has 0 aliphatic carbocycles. The van der Waals surface area contributed by atoms with Crippen LogP contribution in [0.15, 0.2) is 59.5 Å². The van der Waals surface area contributed by atoms with E-state index in [2.05, 4.69) is 0 Å². The maximum Gasteiger partial charge on any atom is 0.335 e. The van der Waals surface area contributed by atoms with Gasteiger partial charge in [-0.1, -0.05) is 72.5 Å². The molecule has 1 fully saturated rings. The highest BCUT2D eigenvalue weighted by Crippen LogP contribution is 2.32. The van der Waals surface area contributed by atoms with Crippen molar-refractivity contribution in [2.75, 3.05) is 6.54 Å². The van der Waals surface area contributed by atoms with Gasteiger partial charge >= 0.3 is 5.97 Å². The lowest BCUT2D eigenvalue weighted by Crippen LogP contribution is -2.29. The second-order valence-electron chi connectivity index (χ2n) is 6.53. The molecule has 0 saturated carbocycles. The van der Waals surface area contributed by atoms with Crippen LogP contribution < -0.4 is 0 Å². The van der Waals surface area contributed by atoms with Crippen LogP contribution in [0.5, 0.6) is 0 Å². The number of thiocarbonyl (C=S) groups is 1. The van der Waals surface area contributed by atoms with Gasteiger partial charge in [-0.25, -0.2) is 4.79 Å².